The summed E-state index contributed by atoms with van der Waals surface area (Å²) in [5.74, 6) is -0.489. The maximum Gasteiger partial charge on any atom is 0.244 e. The van der Waals surface area contributed by atoms with E-state index in [0.717, 1.165) is 27.0 Å². The number of ether oxygens (including phenoxy) is 1. The van der Waals surface area contributed by atoms with Gasteiger partial charge in [-0.2, -0.15) is 0 Å². The highest BCUT2D eigenvalue weighted by Gasteiger charge is 2.31. The first-order valence-electron chi connectivity index (χ1n) is 10.5. The summed E-state index contributed by atoms with van der Waals surface area (Å²) < 4.78 is 32.4. The third kappa shape index (κ3) is 7.46. The number of nitrogens with zero attached hydrogens (tertiary/aromatic N) is 2. The number of hydrogen-bond donors (Lipinski definition) is 1. The second-order valence-electron chi connectivity index (χ2n) is 7.56. The van der Waals surface area contributed by atoms with E-state index in [4.69, 9.17) is 4.74 Å². The summed E-state index contributed by atoms with van der Waals surface area (Å²) in [7, 11) is -2.39. The van der Waals surface area contributed by atoms with Crippen molar-refractivity contribution in [3.05, 3.63) is 58.6 Å². The maximum atomic E-state index is 13.5. The molecule has 0 saturated carbocycles. The predicted molar refractivity (Wildman–Crippen MR) is 133 cm³/mol. The van der Waals surface area contributed by atoms with E-state index in [2.05, 4.69) is 21.2 Å². The standard InChI is InChI=1S/C23H30BrN3O5S/c1-5-13-25-23(29)17(2)26(15-18-9-8-10-19(24)14-18)22(28)16-27(33(4,30)31)20-11-6-7-12-21(20)32-3/h6-12,14,17H,5,13,15-16H2,1-4H3,(H,25,29). The van der Waals surface area contributed by atoms with Crippen LogP contribution in [-0.4, -0.2) is 57.6 Å². The zero-order valence-corrected chi connectivity index (χ0v) is 21.6. The molecule has 2 aromatic carbocycles. The van der Waals surface area contributed by atoms with Gasteiger partial charge in [0.05, 0.1) is 19.1 Å². The molecular formula is C23H30BrN3O5S. The van der Waals surface area contributed by atoms with Crippen molar-refractivity contribution in [2.45, 2.75) is 32.9 Å². The second kappa shape index (κ2) is 12.0. The minimum absolute atomic E-state index is 0.141. The maximum absolute atomic E-state index is 13.5. The molecule has 10 heteroatoms. The Bertz CT molecular complexity index is 1080. The molecule has 180 valence electrons. The van der Waals surface area contributed by atoms with E-state index in [9.17, 15) is 18.0 Å². The number of benzene rings is 2. The van der Waals surface area contributed by atoms with Gasteiger partial charge in [-0.15, -0.1) is 0 Å². The quantitative estimate of drug-likeness (QED) is 0.473. The molecule has 1 unspecified atom stereocenters. The minimum atomic E-state index is -3.82. The monoisotopic (exact) mass is 539 g/mol. The summed E-state index contributed by atoms with van der Waals surface area (Å²) in [5, 5.41) is 2.80. The molecule has 2 amide bonds. The van der Waals surface area contributed by atoms with E-state index in [1.165, 1.54) is 12.0 Å². The first-order valence-corrected chi connectivity index (χ1v) is 13.1. The van der Waals surface area contributed by atoms with Crippen LogP contribution < -0.4 is 14.4 Å². The summed E-state index contributed by atoms with van der Waals surface area (Å²) in [6.07, 6.45) is 1.79. The third-order valence-corrected chi connectivity index (χ3v) is 6.61. The van der Waals surface area contributed by atoms with Crippen molar-refractivity contribution in [2.24, 2.45) is 0 Å². The molecule has 2 aromatic rings. The second-order valence-corrected chi connectivity index (χ2v) is 10.4. The molecule has 1 atom stereocenters. The molecule has 0 fully saturated rings. The Labute approximate surface area is 204 Å². The molecule has 0 saturated heterocycles. The van der Waals surface area contributed by atoms with Crippen LogP contribution in [-0.2, 0) is 26.2 Å². The SMILES string of the molecule is CCCNC(=O)C(C)N(Cc1cccc(Br)c1)C(=O)CN(c1ccccc1OC)S(C)(=O)=O. The van der Waals surface area contributed by atoms with Gasteiger partial charge in [0.2, 0.25) is 21.8 Å². The van der Waals surface area contributed by atoms with Gasteiger partial charge in [-0.25, -0.2) is 8.42 Å². The van der Waals surface area contributed by atoms with E-state index in [1.807, 2.05) is 31.2 Å². The first-order chi connectivity index (χ1) is 15.6. The van der Waals surface area contributed by atoms with Crippen molar-refractivity contribution in [2.75, 3.05) is 30.8 Å². The number of carbonyl (C=O) groups excluding carboxylic acids is 2. The van der Waals surface area contributed by atoms with Gasteiger partial charge in [0.15, 0.2) is 0 Å². The molecule has 0 heterocycles. The van der Waals surface area contributed by atoms with Gasteiger partial charge in [-0.1, -0.05) is 47.1 Å². The number of para-hydroxylation sites is 2. The molecule has 0 aromatic heterocycles. The summed E-state index contributed by atoms with van der Waals surface area (Å²) >= 11 is 3.42. The molecule has 1 N–H and O–H groups in total. The molecular weight excluding hydrogens is 510 g/mol. The van der Waals surface area contributed by atoms with Gasteiger partial charge in [0.1, 0.15) is 18.3 Å². The Morgan fingerprint density at radius 3 is 2.45 bits per heavy atom. The van der Waals surface area contributed by atoms with Crippen molar-refractivity contribution in [1.29, 1.82) is 0 Å². The van der Waals surface area contributed by atoms with Crippen LogP contribution in [0.25, 0.3) is 0 Å². The fourth-order valence-electron chi connectivity index (χ4n) is 3.24. The summed E-state index contributed by atoms with van der Waals surface area (Å²) in [5.41, 5.74) is 1.05. The van der Waals surface area contributed by atoms with Gasteiger partial charge in [-0.3, -0.25) is 13.9 Å². The smallest absolute Gasteiger partial charge is 0.244 e. The Morgan fingerprint density at radius 1 is 1.15 bits per heavy atom. The van der Waals surface area contributed by atoms with Crippen LogP contribution in [0.15, 0.2) is 53.0 Å². The normalized spacial score (nSPS) is 12.0. The fraction of sp³-hybridized carbons (Fsp3) is 0.391. The number of sulfonamides is 1. The number of nitrogens with one attached hydrogen (secondary N) is 1. The summed E-state index contributed by atoms with van der Waals surface area (Å²) in [4.78, 5) is 27.6. The zero-order valence-electron chi connectivity index (χ0n) is 19.2. The lowest BCUT2D eigenvalue weighted by molar-refractivity contribution is -0.139. The molecule has 0 aliphatic heterocycles. The predicted octanol–water partition coefficient (Wildman–Crippen LogP) is 3.17. The topological polar surface area (TPSA) is 96.0 Å². The van der Waals surface area contributed by atoms with Gasteiger partial charge in [0, 0.05) is 17.6 Å². The van der Waals surface area contributed by atoms with Crippen LogP contribution in [0.2, 0.25) is 0 Å². The molecule has 0 aliphatic carbocycles. The molecule has 0 aliphatic rings. The number of halogens is 1. The average molecular weight is 540 g/mol. The van der Waals surface area contributed by atoms with Gasteiger partial charge in [0.25, 0.3) is 0 Å². The van der Waals surface area contributed by atoms with Crippen LogP contribution in [0.5, 0.6) is 5.75 Å². The molecule has 8 nitrogen and oxygen atoms in total. The number of methoxy groups -OCH3 is 1. The van der Waals surface area contributed by atoms with E-state index in [-0.39, 0.29) is 18.1 Å². The molecule has 0 bridgehead atoms. The number of carbonyl (C=O) groups is 2. The fourth-order valence-corrected chi connectivity index (χ4v) is 4.54. The number of hydrogen-bond acceptors (Lipinski definition) is 5. The highest BCUT2D eigenvalue weighted by atomic mass is 79.9. The van der Waals surface area contributed by atoms with Gasteiger partial charge >= 0.3 is 0 Å². The molecule has 0 radical (unpaired) electrons. The molecule has 0 spiro atoms. The number of amides is 2. The summed E-state index contributed by atoms with van der Waals surface area (Å²) in [6, 6.07) is 13.2. The van der Waals surface area contributed by atoms with Crippen molar-refractivity contribution in [3.63, 3.8) is 0 Å². The highest BCUT2D eigenvalue weighted by Crippen LogP contribution is 2.29. The van der Waals surface area contributed by atoms with Gasteiger partial charge in [-0.05, 0) is 43.2 Å². The van der Waals surface area contributed by atoms with E-state index in [0.29, 0.717) is 12.3 Å². The molecule has 33 heavy (non-hydrogen) atoms. The van der Waals surface area contributed by atoms with E-state index in [1.54, 1.807) is 31.2 Å². The van der Waals surface area contributed by atoms with Crippen molar-refractivity contribution in [3.8, 4) is 5.75 Å². The summed E-state index contributed by atoms with van der Waals surface area (Å²) in [6.45, 7) is 3.72. The highest BCUT2D eigenvalue weighted by molar-refractivity contribution is 9.10. The van der Waals surface area contributed by atoms with Crippen LogP contribution in [0, 0.1) is 0 Å². The third-order valence-electron chi connectivity index (χ3n) is 4.99. The Balaban J connectivity index is 2.41. The van der Waals surface area contributed by atoms with Gasteiger partial charge < -0.3 is 15.0 Å². The zero-order chi connectivity index (χ0) is 24.6. The van der Waals surface area contributed by atoms with Crippen LogP contribution in [0.3, 0.4) is 0 Å². The molecule has 2 rings (SSSR count). The van der Waals surface area contributed by atoms with Crippen molar-refractivity contribution >= 4 is 43.5 Å². The van der Waals surface area contributed by atoms with Crippen LogP contribution >= 0.6 is 15.9 Å². The lowest BCUT2D eigenvalue weighted by atomic mass is 10.1. The largest absolute Gasteiger partial charge is 0.495 e. The van der Waals surface area contributed by atoms with E-state index < -0.39 is 28.5 Å². The van der Waals surface area contributed by atoms with E-state index >= 15 is 0 Å². The van der Waals surface area contributed by atoms with Crippen LogP contribution in [0.1, 0.15) is 25.8 Å². The average Bonchev–Trinajstić information content (AvgIpc) is 2.78. The Hall–Kier alpha value is -2.59. The lowest BCUT2D eigenvalue weighted by Gasteiger charge is -2.31. The number of rotatable bonds is 11. The number of anilines is 1. The first kappa shape index (κ1) is 26.7. The Morgan fingerprint density at radius 2 is 1.85 bits per heavy atom. The van der Waals surface area contributed by atoms with Crippen molar-refractivity contribution < 1.29 is 22.7 Å². The lowest BCUT2D eigenvalue weighted by Crippen LogP contribution is -2.51. The van der Waals surface area contributed by atoms with Crippen molar-refractivity contribution in [1.82, 2.24) is 10.2 Å². The van der Waals surface area contributed by atoms with Crippen LogP contribution in [0.4, 0.5) is 5.69 Å². The minimum Gasteiger partial charge on any atom is -0.495 e. The Kier molecular flexibility index (Phi) is 9.72.